The fourth-order valence-electron chi connectivity index (χ4n) is 2.45. The molecule has 0 aliphatic rings. The Labute approximate surface area is 152 Å². The summed E-state index contributed by atoms with van der Waals surface area (Å²) in [5, 5.41) is 10.5. The molecular formula is C19H23N3O4. The number of benzene rings is 1. The Morgan fingerprint density at radius 1 is 1.15 bits per heavy atom. The van der Waals surface area contributed by atoms with E-state index in [4.69, 9.17) is 14.2 Å². The van der Waals surface area contributed by atoms with Crippen molar-refractivity contribution in [3.63, 3.8) is 0 Å². The number of nitrogens with one attached hydrogen (secondary N) is 1. The number of nitrogens with zero attached hydrogens (tertiary/aromatic N) is 2. The second-order valence-electron chi connectivity index (χ2n) is 5.23. The van der Waals surface area contributed by atoms with Crippen molar-refractivity contribution in [3.05, 3.63) is 48.7 Å². The Hall–Kier alpha value is -3.09. The minimum atomic E-state index is -0.536. The van der Waals surface area contributed by atoms with Crippen LogP contribution in [0.3, 0.4) is 0 Å². The Bertz CT molecular complexity index is 783. The summed E-state index contributed by atoms with van der Waals surface area (Å²) in [4.78, 5) is 12.1. The van der Waals surface area contributed by atoms with Gasteiger partial charge in [0.15, 0.2) is 17.2 Å². The number of rotatable bonds is 10. The van der Waals surface area contributed by atoms with Gasteiger partial charge in [-0.1, -0.05) is 18.7 Å². The van der Waals surface area contributed by atoms with E-state index in [2.05, 4.69) is 28.6 Å². The number of carbonyl (C=O) groups is 1. The van der Waals surface area contributed by atoms with Crippen LogP contribution in [0.15, 0.2) is 37.4 Å². The van der Waals surface area contributed by atoms with Crippen molar-refractivity contribution in [2.24, 2.45) is 0 Å². The topological polar surface area (TPSA) is 86.3 Å². The summed E-state index contributed by atoms with van der Waals surface area (Å²) >= 11 is 0. The third-order valence-corrected chi connectivity index (χ3v) is 3.43. The lowest BCUT2D eigenvalue weighted by Gasteiger charge is -2.16. The molecule has 7 heteroatoms. The van der Waals surface area contributed by atoms with E-state index in [-0.39, 0.29) is 12.3 Å². The largest absolute Gasteiger partial charge is 0.490 e. The van der Waals surface area contributed by atoms with Gasteiger partial charge >= 0.3 is 5.97 Å². The van der Waals surface area contributed by atoms with Crippen LogP contribution < -0.4 is 9.47 Å². The smallest absolute Gasteiger partial charge is 0.361 e. The van der Waals surface area contributed by atoms with Crippen LogP contribution >= 0.6 is 0 Å². The molecule has 1 aromatic heterocycles. The number of carbonyl (C=O) groups excluding carboxylic acids is 1. The average Bonchev–Trinajstić information content (AvgIpc) is 3.11. The maximum absolute atomic E-state index is 12.1. The molecule has 1 N–H and O–H groups in total. The summed E-state index contributed by atoms with van der Waals surface area (Å²) in [5.41, 5.74) is 2.05. The van der Waals surface area contributed by atoms with E-state index in [1.807, 2.05) is 13.0 Å². The minimum Gasteiger partial charge on any atom is -0.490 e. The highest BCUT2D eigenvalue weighted by Crippen LogP contribution is 2.37. The lowest BCUT2D eigenvalue weighted by molar-refractivity contribution is 0.0520. The second kappa shape index (κ2) is 9.41. The van der Waals surface area contributed by atoms with Crippen LogP contribution in [0.1, 0.15) is 29.9 Å². The molecule has 1 heterocycles. The molecule has 138 valence electrons. The number of hydrogen-bond acceptors (Lipinski definition) is 6. The standard InChI is InChI=1S/C19H23N3O4/c1-5-9-13-11-14(12-15(24-7-3)18(13)26-10-6-2)16-17(21-22-20-16)19(23)25-8-4/h5-6,11-12H,1-2,7-10H2,3-4H3,(H,20,21,22). The molecule has 0 saturated heterocycles. The van der Waals surface area contributed by atoms with Gasteiger partial charge in [-0.2, -0.15) is 10.3 Å². The van der Waals surface area contributed by atoms with E-state index in [9.17, 15) is 4.79 Å². The zero-order valence-electron chi connectivity index (χ0n) is 15.1. The van der Waals surface area contributed by atoms with Crippen molar-refractivity contribution in [2.75, 3.05) is 19.8 Å². The van der Waals surface area contributed by atoms with Gasteiger partial charge in [0.1, 0.15) is 12.3 Å². The molecule has 0 fully saturated rings. The van der Waals surface area contributed by atoms with Crippen LogP contribution in [0.2, 0.25) is 0 Å². The molecule has 7 nitrogen and oxygen atoms in total. The van der Waals surface area contributed by atoms with E-state index in [0.717, 1.165) is 5.56 Å². The number of ether oxygens (including phenoxy) is 3. The Morgan fingerprint density at radius 2 is 1.96 bits per heavy atom. The van der Waals surface area contributed by atoms with E-state index < -0.39 is 5.97 Å². The van der Waals surface area contributed by atoms with Crippen LogP contribution in [0, 0.1) is 0 Å². The summed E-state index contributed by atoms with van der Waals surface area (Å²) in [5.74, 6) is 0.643. The molecule has 0 aliphatic carbocycles. The van der Waals surface area contributed by atoms with E-state index in [1.165, 1.54) is 0 Å². The predicted octanol–water partition coefficient (Wildman–Crippen LogP) is 3.34. The van der Waals surface area contributed by atoms with Gasteiger partial charge in [0.05, 0.1) is 13.2 Å². The number of aromatic amines is 1. The van der Waals surface area contributed by atoms with Crippen LogP contribution in [0.4, 0.5) is 0 Å². The molecule has 0 aliphatic heterocycles. The number of hydrogen-bond donors (Lipinski definition) is 1. The van der Waals surface area contributed by atoms with Crippen molar-refractivity contribution in [1.29, 1.82) is 0 Å². The molecule has 2 aromatic rings. The molecule has 1 aromatic carbocycles. The highest BCUT2D eigenvalue weighted by atomic mass is 16.5. The highest BCUT2D eigenvalue weighted by Gasteiger charge is 2.22. The van der Waals surface area contributed by atoms with E-state index >= 15 is 0 Å². The number of H-pyrrole nitrogens is 1. The zero-order valence-corrected chi connectivity index (χ0v) is 15.1. The summed E-state index contributed by atoms with van der Waals surface area (Å²) < 4.78 is 16.6. The molecule has 0 spiro atoms. The lowest BCUT2D eigenvalue weighted by Crippen LogP contribution is -2.07. The van der Waals surface area contributed by atoms with Crippen molar-refractivity contribution in [3.8, 4) is 22.8 Å². The van der Waals surface area contributed by atoms with Crippen molar-refractivity contribution in [1.82, 2.24) is 15.4 Å². The fraction of sp³-hybridized carbons (Fsp3) is 0.316. The van der Waals surface area contributed by atoms with Crippen LogP contribution in [-0.4, -0.2) is 41.2 Å². The van der Waals surface area contributed by atoms with Gasteiger partial charge in [0, 0.05) is 11.1 Å². The monoisotopic (exact) mass is 357 g/mol. The second-order valence-corrected chi connectivity index (χ2v) is 5.23. The normalized spacial score (nSPS) is 10.2. The molecule has 2 rings (SSSR count). The van der Waals surface area contributed by atoms with Crippen molar-refractivity contribution in [2.45, 2.75) is 20.3 Å². The quantitative estimate of drug-likeness (QED) is 0.518. The first kappa shape index (κ1) is 19.2. The fourth-order valence-corrected chi connectivity index (χ4v) is 2.45. The van der Waals surface area contributed by atoms with Crippen molar-refractivity contribution >= 4 is 5.97 Å². The molecule has 0 bridgehead atoms. The van der Waals surface area contributed by atoms with Crippen LogP contribution in [0.25, 0.3) is 11.3 Å². The third-order valence-electron chi connectivity index (χ3n) is 3.43. The number of esters is 1. The SMILES string of the molecule is C=CCOc1c(CC=C)cc(-c2n[nH]nc2C(=O)OCC)cc1OCC. The molecule has 26 heavy (non-hydrogen) atoms. The van der Waals surface area contributed by atoms with E-state index in [1.54, 1.807) is 25.1 Å². The zero-order chi connectivity index (χ0) is 18.9. The Balaban J connectivity index is 2.56. The van der Waals surface area contributed by atoms with Gasteiger partial charge in [0.2, 0.25) is 0 Å². The van der Waals surface area contributed by atoms with Gasteiger partial charge in [-0.3, -0.25) is 0 Å². The molecule has 0 unspecified atom stereocenters. The van der Waals surface area contributed by atoms with Gasteiger partial charge in [-0.15, -0.1) is 11.7 Å². The van der Waals surface area contributed by atoms with Crippen LogP contribution in [-0.2, 0) is 11.2 Å². The van der Waals surface area contributed by atoms with Crippen molar-refractivity contribution < 1.29 is 19.0 Å². The molecule has 0 atom stereocenters. The first-order valence-electron chi connectivity index (χ1n) is 8.38. The molecule has 0 radical (unpaired) electrons. The van der Waals surface area contributed by atoms with Crippen LogP contribution in [0.5, 0.6) is 11.5 Å². The molecular weight excluding hydrogens is 334 g/mol. The highest BCUT2D eigenvalue weighted by molar-refractivity contribution is 5.94. The summed E-state index contributed by atoms with van der Waals surface area (Å²) in [7, 11) is 0. The van der Waals surface area contributed by atoms with E-state index in [0.29, 0.717) is 42.4 Å². The van der Waals surface area contributed by atoms with Gasteiger partial charge in [-0.25, -0.2) is 4.79 Å². The first-order chi connectivity index (χ1) is 12.7. The lowest BCUT2D eigenvalue weighted by atomic mass is 10.0. The molecule has 0 amide bonds. The predicted molar refractivity (Wildman–Crippen MR) is 98.5 cm³/mol. The molecule has 0 saturated carbocycles. The number of allylic oxidation sites excluding steroid dienone is 1. The first-order valence-corrected chi connectivity index (χ1v) is 8.38. The maximum Gasteiger partial charge on any atom is 0.361 e. The van der Waals surface area contributed by atoms with Gasteiger partial charge in [0.25, 0.3) is 0 Å². The Morgan fingerprint density at radius 3 is 2.62 bits per heavy atom. The summed E-state index contributed by atoms with van der Waals surface area (Å²) in [6.07, 6.45) is 4.00. The third kappa shape index (κ3) is 4.30. The average molecular weight is 357 g/mol. The summed E-state index contributed by atoms with van der Waals surface area (Å²) in [6, 6.07) is 3.65. The van der Waals surface area contributed by atoms with Gasteiger partial charge < -0.3 is 14.2 Å². The summed E-state index contributed by atoms with van der Waals surface area (Å²) in [6.45, 7) is 12.2. The van der Waals surface area contributed by atoms with Gasteiger partial charge in [-0.05, 0) is 32.4 Å². The minimum absolute atomic E-state index is 0.124. The Kier molecular flexibility index (Phi) is 6.96. The number of aromatic nitrogens is 3. The maximum atomic E-state index is 12.1.